The molecule has 0 aliphatic carbocycles. The fourth-order valence-corrected chi connectivity index (χ4v) is 2.23. The molecule has 18 heavy (non-hydrogen) atoms. The lowest BCUT2D eigenvalue weighted by atomic mass is 10.0. The molecule has 0 spiro atoms. The molecule has 0 aromatic heterocycles. The lowest BCUT2D eigenvalue weighted by Gasteiger charge is -2.35. The topological polar surface area (TPSA) is 38.5 Å². The molecule has 2 atom stereocenters. The van der Waals surface area contributed by atoms with E-state index in [-0.39, 0.29) is 18.6 Å². The highest BCUT2D eigenvalue weighted by molar-refractivity contribution is 4.80. The average Bonchev–Trinajstić information content (AvgIpc) is 2.28. The molecular formula is C12H23F3N2O. The van der Waals surface area contributed by atoms with Crippen LogP contribution in [0.3, 0.4) is 0 Å². The largest absolute Gasteiger partial charge is 0.389 e. The Kier molecular flexibility index (Phi) is 6.38. The molecule has 6 heteroatoms. The van der Waals surface area contributed by atoms with Crippen molar-refractivity contribution in [1.29, 1.82) is 0 Å². The van der Waals surface area contributed by atoms with E-state index in [0.29, 0.717) is 13.0 Å². The third-order valence-corrected chi connectivity index (χ3v) is 3.19. The lowest BCUT2D eigenvalue weighted by Crippen LogP contribution is -2.50. The maximum atomic E-state index is 12.0. The van der Waals surface area contributed by atoms with Gasteiger partial charge in [0.05, 0.1) is 12.7 Å². The van der Waals surface area contributed by atoms with E-state index in [1.165, 1.54) is 0 Å². The van der Waals surface area contributed by atoms with E-state index < -0.39 is 12.6 Å². The minimum absolute atomic E-state index is 0.0817. The first kappa shape index (κ1) is 15.7. The molecule has 0 saturated carbocycles. The second-order valence-electron chi connectivity index (χ2n) is 4.88. The summed E-state index contributed by atoms with van der Waals surface area (Å²) in [4.78, 5) is 2.26. The van der Waals surface area contributed by atoms with Gasteiger partial charge in [-0.1, -0.05) is 6.92 Å². The molecule has 1 fully saturated rings. The third-order valence-electron chi connectivity index (χ3n) is 3.19. The zero-order valence-corrected chi connectivity index (χ0v) is 10.9. The van der Waals surface area contributed by atoms with E-state index in [9.17, 15) is 13.2 Å². The first-order valence-electron chi connectivity index (χ1n) is 6.58. The SMILES string of the molecule is CCCN1CCOC(C(N)CCCC(F)(F)F)C1. The molecule has 1 saturated heterocycles. The normalized spacial score (nSPS) is 24.2. The molecule has 1 rings (SSSR count). The molecule has 1 aliphatic rings. The second-order valence-corrected chi connectivity index (χ2v) is 4.88. The Morgan fingerprint density at radius 2 is 2.17 bits per heavy atom. The molecule has 108 valence electrons. The number of ether oxygens (including phenoxy) is 1. The summed E-state index contributed by atoms with van der Waals surface area (Å²) >= 11 is 0. The number of rotatable bonds is 6. The number of morpholine rings is 1. The highest BCUT2D eigenvalue weighted by Gasteiger charge is 2.29. The van der Waals surface area contributed by atoms with Gasteiger partial charge in [-0.05, 0) is 25.8 Å². The van der Waals surface area contributed by atoms with Crippen LogP contribution in [0.1, 0.15) is 32.6 Å². The molecular weight excluding hydrogens is 245 g/mol. The fraction of sp³-hybridized carbons (Fsp3) is 1.00. The summed E-state index contributed by atoms with van der Waals surface area (Å²) in [7, 11) is 0. The maximum Gasteiger partial charge on any atom is 0.389 e. The van der Waals surface area contributed by atoms with Crippen LogP contribution in [0.4, 0.5) is 13.2 Å². The van der Waals surface area contributed by atoms with Gasteiger partial charge in [-0.3, -0.25) is 4.90 Å². The number of hydrogen-bond acceptors (Lipinski definition) is 3. The van der Waals surface area contributed by atoms with Crippen LogP contribution in [0.2, 0.25) is 0 Å². The van der Waals surface area contributed by atoms with Crippen molar-refractivity contribution < 1.29 is 17.9 Å². The smallest absolute Gasteiger partial charge is 0.374 e. The van der Waals surface area contributed by atoms with Crippen LogP contribution in [0, 0.1) is 0 Å². The van der Waals surface area contributed by atoms with Crippen LogP contribution in [0.15, 0.2) is 0 Å². The van der Waals surface area contributed by atoms with Crippen molar-refractivity contribution in [2.75, 3.05) is 26.2 Å². The van der Waals surface area contributed by atoms with Gasteiger partial charge in [0.25, 0.3) is 0 Å². The summed E-state index contributed by atoms with van der Waals surface area (Å²) in [6.07, 6.45) is -3.45. The summed E-state index contributed by atoms with van der Waals surface area (Å²) in [6, 6.07) is -0.299. The van der Waals surface area contributed by atoms with E-state index in [4.69, 9.17) is 10.5 Å². The fourth-order valence-electron chi connectivity index (χ4n) is 2.23. The third kappa shape index (κ3) is 6.02. The van der Waals surface area contributed by atoms with Crippen molar-refractivity contribution in [3.05, 3.63) is 0 Å². The summed E-state index contributed by atoms with van der Waals surface area (Å²) in [5, 5.41) is 0. The highest BCUT2D eigenvalue weighted by atomic mass is 19.4. The molecule has 0 aromatic rings. The predicted octanol–water partition coefficient (Wildman–Crippen LogP) is 2.16. The Labute approximate surface area is 106 Å². The van der Waals surface area contributed by atoms with Crippen LogP contribution in [0.25, 0.3) is 0 Å². The van der Waals surface area contributed by atoms with Gasteiger partial charge >= 0.3 is 6.18 Å². The minimum Gasteiger partial charge on any atom is -0.374 e. The van der Waals surface area contributed by atoms with E-state index in [1.807, 2.05) is 0 Å². The van der Waals surface area contributed by atoms with Crippen molar-refractivity contribution in [2.45, 2.75) is 50.9 Å². The van der Waals surface area contributed by atoms with Crippen molar-refractivity contribution in [3.8, 4) is 0 Å². The van der Waals surface area contributed by atoms with E-state index in [0.717, 1.165) is 26.1 Å². The van der Waals surface area contributed by atoms with Crippen LogP contribution < -0.4 is 5.73 Å². The van der Waals surface area contributed by atoms with Gasteiger partial charge in [-0.15, -0.1) is 0 Å². The van der Waals surface area contributed by atoms with E-state index >= 15 is 0 Å². The van der Waals surface area contributed by atoms with Crippen molar-refractivity contribution in [3.63, 3.8) is 0 Å². The van der Waals surface area contributed by atoms with Crippen LogP contribution >= 0.6 is 0 Å². The molecule has 2 N–H and O–H groups in total. The zero-order chi connectivity index (χ0) is 13.6. The highest BCUT2D eigenvalue weighted by Crippen LogP contribution is 2.23. The maximum absolute atomic E-state index is 12.0. The Morgan fingerprint density at radius 1 is 1.44 bits per heavy atom. The first-order chi connectivity index (χ1) is 8.42. The van der Waals surface area contributed by atoms with Gasteiger partial charge in [0.1, 0.15) is 0 Å². The Hall–Kier alpha value is -0.330. The quantitative estimate of drug-likeness (QED) is 0.802. The van der Waals surface area contributed by atoms with E-state index in [2.05, 4.69) is 11.8 Å². The van der Waals surface area contributed by atoms with Crippen LogP contribution in [-0.2, 0) is 4.74 Å². The molecule has 0 aromatic carbocycles. The van der Waals surface area contributed by atoms with Crippen molar-refractivity contribution in [2.24, 2.45) is 5.73 Å². The number of hydrogen-bond donors (Lipinski definition) is 1. The number of alkyl halides is 3. The Morgan fingerprint density at radius 3 is 2.78 bits per heavy atom. The lowest BCUT2D eigenvalue weighted by molar-refractivity contribution is -0.136. The van der Waals surface area contributed by atoms with Gasteiger partial charge in [-0.2, -0.15) is 13.2 Å². The van der Waals surface area contributed by atoms with Gasteiger partial charge < -0.3 is 10.5 Å². The monoisotopic (exact) mass is 268 g/mol. The number of halogens is 3. The molecule has 1 aliphatic heterocycles. The molecule has 2 unspecified atom stereocenters. The van der Waals surface area contributed by atoms with Gasteiger partial charge in [0.15, 0.2) is 0 Å². The molecule has 0 amide bonds. The van der Waals surface area contributed by atoms with Gasteiger partial charge in [0, 0.05) is 25.6 Å². The molecule has 3 nitrogen and oxygen atoms in total. The molecule has 0 bridgehead atoms. The van der Waals surface area contributed by atoms with Crippen molar-refractivity contribution >= 4 is 0 Å². The minimum atomic E-state index is -4.08. The van der Waals surface area contributed by atoms with Crippen molar-refractivity contribution in [1.82, 2.24) is 4.90 Å². The average molecular weight is 268 g/mol. The number of nitrogens with two attached hydrogens (primary N) is 1. The van der Waals surface area contributed by atoms with Gasteiger partial charge in [-0.25, -0.2) is 0 Å². The van der Waals surface area contributed by atoms with Gasteiger partial charge in [0.2, 0.25) is 0 Å². The molecule has 1 heterocycles. The number of nitrogens with zero attached hydrogens (tertiary/aromatic N) is 1. The first-order valence-corrected chi connectivity index (χ1v) is 6.58. The summed E-state index contributed by atoms with van der Waals surface area (Å²) in [5.41, 5.74) is 5.92. The standard InChI is InChI=1S/C12H23F3N2O/c1-2-6-17-7-8-18-11(9-17)10(16)4-3-5-12(13,14)15/h10-11H,2-9,16H2,1H3. The zero-order valence-electron chi connectivity index (χ0n) is 10.9. The van der Waals surface area contributed by atoms with E-state index in [1.54, 1.807) is 0 Å². The molecule has 0 radical (unpaired) electrons. The predicted molar refractivity (Wildman–Crippen MR) is 64.4 cm³/mol. The summed E-state index contributed by atoms with van der Waals surface area (Å²) < 4.78 is 41.6. The second kappa shape index (κ2) is 7.31. The summed E-state index contributed by atoms with van der Waals surface area (Å²) in [6.45, 7) is 5.35. The Bertz CT molecular complexity index is 234. The Balaban J connectivity index is 2.26. The van der Waals surface area contributed by atoms with Crippen LogP contribution in [-0.4, -0.2) is 49.5 Å². The summed E-state index contributed by atoms with van der Waals surface area (Å²) in [5.74, 6) is 0. The van der Waals surface area contributed by atoms with Crippen LogP contribution in [0.5, 0.6) is 0 Å².